The fourth-order valence-corrected chi connectivity index (χ4v) is 4.25. The van der Waals surface area contributed by atoms with E-state index in [1.807, 2.05) is 41.0 Å². The van der Waals surface area contributed by atoms with Gasteiger partial charge in [-0.15, -0.1) is 16.4 Å². The van der Waals surface area contributed by atoms with Crippen LogP contribution in [0.1, 0.15) is 16.6 Å². The van der Waals surface area contributed by atoms with Crippen LogP contribution >= 0.6 is 23.1 Å². The third-order valence-corrected chi connectivity index (χ3v) is 5.67. The summed E-state index contributed by atoms with van der Waals surface area (Å²) in [7, 11) is 0. The number of aromatic nitrogens is 5. The summed E-state index contributed by atoms with van der Waals surface area (Å²) in [4.78, 5) is 21.2. The molecule has 0 unspecified atom stereocenters. The van der Waals surface area contributed by atoms with Crippen LogP contribution in [-0.4, -0.2) is 36.1 Å². The predicted molar refractivity (Wildman–Crippen MR) is 95.8 cm³/mol. The number of hydrogen-bond acceptors (Lipinski definition) is 7. The average molecular weight is 368 g/mol. The Morgan fingerprint density at radius 1 is 1.44 bits per heavy atom. The maximum absolute atomic E-state index is 12.5. The number of Topliss-reactive ketones (excluding diaryl/α,β-unsaturated/α-hetero) is 1. The molecule has 0 aliphatic heterocycles. The number of para-hydroxylation sites is 2. The number of rotatable bonds is 5. The van der Waals surface area contributed by atoms with E-state index in [2.05, 4.69) is 26.2 Å². The molecule has 0 aliphatic carbocycles. The monoisotopic (exact) mass is 368 g/mol. The van der Waals surface area contributed by atoms with Gasteiger partial charge in [0.1, 0.15) is 5.01 Å². The summed E-state index contributed by atoms with van der Waals surface area (Å²) < 4.78 is 1.88. The molecule has 124 valence electrons. The highest BCUT2D eigenvalue weighted by Crippen LogP contribution is 2.26. The van der Waals surface area contributed by atoms with Crippen LogP contribution in [0.15, 0.2) is 34.8 Å². The summed E-state index contributed by atoms with van der Waals surface area (Å²) >= 11 is 2.63. The van der Waals surface area contributed by atoms with Crippen molar-refractivity contribution in [1.82, 2.24) is 24.6 Å². The molecule has 0 bridgehead atoms. The van der Waals surface area contributed by atoms with Gasteiger partial charge in [-0.2, -0.15) is 5.26 Å². The first-order valence-corrected chi connectivity index (χ1v) is 9.32. The molecule has 3 heterocycles. The molecule has 0 saturated carbocycles. The van der Waals surface area contributed by atoms with Gasteiger partial charge < -0.3 is 0 Å². The van der Waals surface area contributed by atoms with Gasteiger partial charge in [0.2, 0.25) is 5.78 Å². The molecule has 1 N–H and O–H groups in total. The fourth-order valence-electron chi connectivity index (χ4n) is 2.53. The molecule has 1 atom stereocenters. The van der Waals surface area contributed by atoms with Crippen LogP contribution in [0.2, 0.25) is 0 Å². The van der Waals surface area contributed by atoms with Crippen molar-refractivity contribution in [2.24, 2.45) is 0 Å². The highest BCUT2D eigenvalue weighted by molar-refractivity contribution is 7.99. The number of thiazole rings is 1. The van der Waals surface area contributed by atoms with E-state index in [9.17, 15) is 10.1 Å². The molecule has 1 aromatic carbocycles. The van der Waals surface area contributed by atoms with Crippen molar-refractivity contribution in [3.05, 3.63) is 40.3 Å². The van der Waals surface area contributed by atoms with Crippen molar-refractivity contribution < 1.29 is 4.79 Å². The standard InChI is InChI=1S/C16H12N6OS2/c1-9-7-24-14(18-9)10(6-17)13(23)8-25-16-21-20-15-19-11-4-2-3-5-12(11)22(15)16/h2-5,7,10H,8H2,1H3,(H,19,20)/t10-/m0/s1. The molecule has 4 rings (SSSR count). The summed E-state index contributed by atoms with van der Waals surface area (Å²) in [5.41, 5.74) is 2.60. The summed E-state index contributed by atoms with van der Waals surface area (Å²) in [5, 5.41) is 19.5. The molecule has 0 fully saturated rings. The Hall–Kier alpha value is -2.70. The lowest BCUT2D eigenvalue weighted by Gasteiger charge is -2.04. The Labute approximate surface area is 150 Å². The van der Waals surface area contributed by atoms with Crippen LogP contribution in [0.3, 0.4) is 0 Å². The third kappa shape index (κ3) is 2.79. The van der Waals surface area contributed by atoms with Crippen LogP contribution in [0.25, 0.3) is 16.8 Å². The minimum Gasteiger partial charge on any atom is -0.297 e. The minimum atomic E-state index is -0.833. The molecule has 4 aromatic rings. The molecular weight excluding hydrogens is 356 g/mol. The topological polar surface area (TPSA) is 99.7 Å². The molecule has 0 aliphatic rings. The van der Waals surface area contributed by atoms with Gasteiger partial charge in [-0.1, -0.05) is 23.9 Å². The molecule has 0 saturated heterocycles. The van der Waals surface area contributed by atoms with Gasteiger partial charge in [-0.25, -0.2) is 15.1 Å². The minimum absolute atomic E-state index is 0.142. The van der Waals surface area contributed by atoms with E-state index in [0.717, 1.165) is 16.7 Å². The van der Waals surface area contributed by atoms with Crippen LogP contribution in [0.4, 0.5) is 0 Å². The van der Waals surface area contributed by atoms with Gasteiger partial charge in [0.05, 0.1) is 22.9 Å². The lowest BCUT2D eigenvalue weighted by atomic mass is 10.1. The number of thioether (sulfide) groups is 1. The summed E-state index contributed by atoms with van der Waals surface area (Å²) in [6.07, 6.45) is 0. The van der Waals surface area contributed by atoms with Crippen molar-refractivity contribution in [2.45, 2.75) is 18.0 Å². The second-order valence-corrected chi connectivity index (χ2v) is 7.24. The summed E-state index contributed by atoms with van der Waals surface area (Å²) in [5.74, 6) is -0.241. The Bertz CT molecular complexity index is 1120. The van der Waals surface area contributed by atoms with Crippen LogP contribution < -0.4 is 0 Å². The molecule has 25 heavy (non-hydrogen) atoms. The number of ketones is 1. The van der Waals surface area contributed by atoms with Crippen molar-refractivity contribution in [3.8, 4) is 6.07 Å². The maximum atomic E-state index is 12.5. The Balaban J connectivity index is 1.58. The van der Waals surface area contributed by atoms with Gasteiger partial charge in [0.25, 0.3) is 0 Å². The summed E-state index contributed by atoms with van der Waals surface area (Å²) in [6, 6.07) is 9.79. The van der Waals surface area contributed by atoms with Crippen molar-refractivity contribution in [1.29, 1.82) is 5.26 Å². The predicted octanol–water partition coefficient (Wildman–Crippen LogP) is 2.94. The smallest absolute Gasteiger partial charge is 0.231 e. The highest BCUT2D eigenvalue weighted by Gasteiger charge is 2.24. The Morgan fingerprint density at radius 2 is 2.28 bits per heavy atom. The number of fused-ring (bicyclic) bond motifs is 3. The van der Waals surface area contributed by atoms with E-state index in [0.29, 0.717) is 15.9 Å². The number of aromatic amines is 1. The van der Waals surface area contributed by atoms with E-state index in [-0.39, 0.29) is 11.5 Å². The van der Waals surface area contributed by atoms with Gasteiger partial charge in [0, 0.05) is 11.1 Å². The lowest BCUT2D eigenvalue weighted by Crippen LogP contribution is -2.13. The molecule has 9 heteroatoms. The van der Waals surface area contributed by atoms with Crippen molar-refractivity contribution in [3.63, 3.8) is 0 Å². The zero-order valence-electron chi connectivity index (χ0n) is 13.1. The first-order chi connectivity index (χ1) is 12.2. The molecule has 0 amide bonds. The number of carbonyl (C=O) groups excluding carboxylic acids is 1. The number of nitrogens with zero attached hydrogens (tertiary/aromatic N) is 5. The molecule has 0 radical (unpaired) electrons. The number of nitriles is 1. The number of nitrogens with one attached hydrogen (secondary N) is 1. The largest absolute Gasteiger partial charge is 0.297 e. The van der Waals surface area contributed by atoms with Crippen LogP contribution in [-0.2, 0) is 4.79 Å². The highest BCUT2D eigenvalue weighted by atomic mass is 32.2. The van der Waals surface area contributed by atoms with E-state index in [1.54, 1.807) is 0 Å². The second kappa shape index (κ2) is 6.31. The molecule has 7 nitrogen and oxygen atoms in total. The van der Waals surface area contributed by atoms with Gasteiger partial charge >= 0.3 is 0 Å². The normalized spacial score (nSPS) is 12.5. The van der Waals surface area contributed by atoms with E-state index < -0.39 is 5.92 Å². The molecule has 0 spiro atoms. The van der Waals surface area contributed by atoms with Crippen molar-refractivity contribution in [2.75, 3.05) is 5.75 Å². The third-order valence-electron chi connectivity index (χ3n) is 3.68. The SMILES string of the molecule is Cc1csc([C@@H](C#N)C(=O)CSc2n[nH]c3nc4ccccc4n23)n1. The zero-order valence-corrected chi connectivity index (χ0v) is 14.8. The quantitative estimate of drug-likeness (QED) is 0.544. The zero-order chi connectivity index (χ0) is 17.4. The number of imidazole rings is 1. The number of H-pyrrole nitrogens is 1. The van der Waals surface area contributed by atoms with Crippen molar-refractivity contribution >= 4 is 45.7 Å². The van der Waals surface area contributed by atoms with E-state index in [4.69, 9.17) is 0 Å². The molecular formula is C16H12N6OS2. The summed E-state index contributed by atoms with van der Waals surface area (Å²) in [6.45, 7) is 1.85. The van der Waals surface area contributed by atoms with Crippen LogP contribution in [0.5, 0.6) is 0 Å². The Morgan fingerprint density at radius 3 is 3.04 bits per heavy atom. The van der Waals surface area contributed by atoms with Gasteiger partial charge in [-0.05, 0) is 19.1 Å². The van der Waals surface area contributed by atoms with E-state index >= 15 is 0 Å². The number of hydrogen-bond donors (Lipinski definition) is 1. The first kappa shape index (κ1) is 15.8. The number of carbonyl (C=O) groups is 1. The van der Waals surface area contributed by atoms with Gasteiger partial charge in [0.15, 0.2) is 16.9 Å². The number of aryl methyl sites for hydroxylation is 1. The van der Waals surface area contributed by atoms with Crippen LogP contribution in [0, 0.1) is 18.3 Å². The number of benzene rings is 1. The lowest BCUT2D eigenvalue weighted by molar-refractivity contribution is -0.116. The average Bonchev–Trinajstić information content (AvgIpc) is 3.29. The maximum Gasteiger partial charge on any atom is 0.231 e. The van der Waals surface area contributed by atoms with Gasteiger partial charge in [-0.3, -0.25) is 9.20 Å². The van der Waals surface area contributed by atoms with E-state index in [1.165, 1.54) is 23.1 Å². The molecule has 3 aromatic heterocycles. The fraction of sp³-hybridized carbons (Fsp3) is 0.188. The second-order valence-electron chi connectivity index (χ2n) is 5.41. The Kier molecular flexibility index (Phi) is 3.99. The first-order valence-electron chi connectivity index (χ1n) is 7.46.